The van der Waals surface area contributed by atoms with Crippen molar-refractivity contribution < 1.29 is 35.5 Å². The lowest BCUT2D eigenvalue weighted by Crippen LogP contribution is -2.47. The molecule has 0 saturated heterocycles. The van der Waals surface area contributed by atoms with Gasteiger partial charge in [0.15, 0.2) is 11.6 Å². The second-order valence-corrected chi connectivity index (χ2v) is 3.16. The lowest BCUT2D eigenvalue weighted by atomic mass is 10.2. The average molecular weight is 275 g/mol. The summed E-state index contributed by atoms with van der Waals surface area (Å²) in [6.07, 6.45) is -6.07. The molecule has 1 amide bonds. The van der Waals surface area contributed by atoms with Gasteiger partial charge in [-0.3, -0.25) is 4.79 Å². The Morgan fingerprint density at radius 1 is 1.00 bits per heavy atom. The number of alkyl halides is 5. The van der Waals surface area contributed by atoms with E-state index < -0.39 is 35.3 Å². The molecule has 1 aromatic carbocycles. The van der Waals surface area contributed by atoms with Crippen molar-refractivity contribution in [2.75, 3.05) is 5.32 Å². The molecule has 0 aromatic heterocycles. The van der Waals surface area contributed by atoms with Crippen LogP contribution in [0.5, 0.6) is 0 Å². The molecule has 1 aromatic rings. The highest BCUT2D eigenvalue weighted by Crippen LogP contribution is 2.36. The molecule has 0 aliphatic carbocycles. The lowest BCUT2D eigenvalue weighted by molar-refractivity contribution is -0.267. The Kier molecular flexibility index (Phi) is 3.54. The van der Waals surface area contributed by atoms with Crippen LogP contribution < -0.4 is 5.32 Å². The number of carbonyl (C=O) groups is 1. The Morgan fingerprint density at radius 2 is 1.56 bits per heavy atom. The summed E-state index contributed by atoms with van der Waals surface area (Å²) >= 11 is 0. The first kappa shape index (κ1) is 14.3. The van der Waals surface area contributed by atoms with Crippen molar-refractivity contribution in [2.45, 2.75) is 12.1 Å². The fourth-order valence-electron chi connectivity index (χ4n) is 0.912. The van der Waals surface area contributed by atoms with Gasteiger partial charge in [0.25, 0.3) is 0 Å². The van der Waals surface area contributed by atoms with Gasteiger partial charge in [0.1, 0.15) is 0 Å². The number of anilines is 1. The van der Waals surface area contributed by atoms with Gasteiger partial charge in [0, 0.05) is 11.8 Å². The molecule has 1 N–H and O–H groups in total. The fourth-order valence-corrected chi connectivity index (χ4v) is 0.912. The second-order valence-electron chi connectivity index (χ2n) is 3.16. The lowest BCUT2D eigenvalue weighted by Gasteiger charge is -2.18. The minimum absolute atomic E-state index is 0.277. The van der Waals surface area contributed by atoms with E-state index in [9.17, 15) is 35.5 Å². The SMILES string of the molecule is O=C(Nc1ccc(F)c(F)c1)C(F)(F)C(F)(F)F. The molecule has 0 heterocycles. The number of halogens is 7. The van der Waals surface area contributed by atoms with Crippen molar-refractivity contribution in [1.29, 1.82) is 0 Å². The summed E-state index contributed by atoms with van der Waals surface area (Å²) in [6.45, 7) is 0. The van der Waals surface area contributed by atoms with Crippen LogP contribution in [0.2, 0.25) is 0 Å². The van der Waals surface area contributed by atoms with Gasteiger partial charge in [0.2, 0.25) is 0 Å². The fraction of sp³-hybridized carbons (Fsp3) is 0.222. The topological polar surface area (TPSA) is 29.1 Å². The monoisotopic (exact) mass is 275 g/mol. The number of nitrogens with one attached hydrogen (secondary N) is 1. The molecule has 0 unspecified atom stereocenters. The molecule has 0 fully saturated rings. The smallest absolute Gasteiger partial charge is 0.320 e. The minimum atomic E-state index is -6.07. The van der Waals surface area contributed by atoms with E-state index in [2.05, 4.69) is 0 Å². The number of carbonyl (C=O) groups excluding carboxylic acids is 1. The van der Waals surface area contributed by atoms with Gasteiger partial charge < -0.3 is 5.32 Å². The average Bonchev–Trinajstić information content (AvgIpc) is 2.21. The molecule has 1 rings (SSSR count). The molecule has 9 heteroatoms. The van der Waals surface area contributed by atoms with Crippen molar-refractivity contribution in [2.24, 2.45) is 0 Å². The van der Waals surface area contributed by atoms with Gasteiger partial charge in [0.05, 0.1) is 0 Å². The highest BCUT2D eigenvalue weighted by atomic mass is 19.4. The summed E-state index contributed by atoms with van der Waals surface area (Å²) in [6, 6.07) is 1.39. The standard InChI is InChI=1S/C9H4F7NO/c10-5-2-1-4(3-6(5)11)17-7(18)8(12,13)9(14,15)16/h1-3H,(H,17,18). The van der Waals surface area contributed by atoms with Gasteiger partial charge in [-0.25, -0.2) is 8.78 Å². The Morgan fingerprint density at radius 3 is 2.00 bits per heavy atom. The normalized spacial score (nSPS) is 12.4. The minimum Gasteiger partial charge on any atom is -0.320 e. The number of benzene rings is 1. The van der Waals surface area contributed by atoms with E-state index in [0.717, 1.165) is 5.32 Å². The maximum Gasteiger partial charge on any atom is 0.463 e. The third-order valence-corrected chi connectivity index (χ3v) is 1.82. The molecular formula is C9H4F7NO. The first-order valence-electron chi connectivity index (χ1n) is 4.27. The maximum absolute atomic E-state index is 12.6. The molecular weight excluding hydrogens is 271 g/mol. The van der Waals surface area contributed by atoms with E-state index in [1.54, 1.807) is 0 Å². The molecule has 0 atom stereocenters. The Labute approximate surface area is 95.4 Å². The highest BCUT2D eigenvalue weighted by molar-refractivity contribution is 5.96. The van der Waals surface area contributed by atoms with E-state index in [1.807, 2.05) is 0 Å². The third-order valence-electron chi connectivity index (χ3n) is 1.82. The summed E-state index contributed by atoms with van der Waals surface area (Å²) in [4.78, 5) is 10.7. The van der Waals surface area contributed by atoms with Crippen molar-refractivity contribution in [3.63, 3.8) is 0 Å². The molecule has 0 aliphatic rings. The molecule has 0 saturated carbocycles. The van der Waals surface area contributed by atoms with Crippen LogP contribution in [-0.4, -0.2) is 18.0 Å². The summed E-state index contributed by atoms with van der Waals surface area (Å²) in [7, 11) is 0. The van der Waals surface area contributed by atoms with Crippen LogP contribution in [0, 0.1) is 11.6 Å². The first-order valence-corrected chi connectivity index (χ1v) is 4.27. The second kappa shape index (κ2) is 4.46. The predicted octanol–water partition coefficient (Wildman–Crippen LogP) is 3.10. The number of amides is 1. The molecule has 0 radical (unpaired) electrons. The molecule has 2 nitrogen and oxygen atoms in total. The van der Waals surface area contributed by atoms with Crippen LogP contribution in [0.25, 0.3) is 0 Å². The number of hydrogen-bond donors (Lipinski definition) is 1. The zero-order valence-electron chi connectivity index (χ0n) is 8.29. The Balaban J connectivity index is 2.91. The summed E-state index contributed by atoms with van der Waals surface area (Å²) < 4.78 is 85.4. The predicted molar refractivity (Wildman–Crippen MR) is 46.0 cm³/mol. The molecule has 18 heavy (non-hydrogen) atoms. The quantitative estimate of drug-likeness (QED) is 0.825. The first-order chi connectivity index (χ1) is 8.05. The van der Waals surface area contributed by atoms with Crippen LogP contribution in [0.4, 0.5) is 36.4 Å². The summed E-state index contributed by atoms with van der Waals surface area (Å²) in [5, 5.41) is 1.14. The molecule has 0 bridgehead atoms. The molecule has 100 valence electrons. The van der Waals surface area contributed by atoms with Gasteiger partial charge >= 0.3 is 18.0 Å². The zero-order chi connectivity index (χ0) is 14.1. The van der Waals surface area contributed by atoms with Crippen molar-refractivity contribution >= 4 is 11.6 Å². The van der Waals surface area contributed by atoms with Gasteiger partial charge in [-0.15, -0.1) is 0 Å². The molecule has 0 aliphatic heterocycles. The van der Waals surface area contributed by atoms with Crippen molar-refractivity contribution in [1.82, 2.24) is 0 Å². The maximum atomic E-state index is 12.6. The van der Waals surface area contributed by atoms with E-state index in [-0.39, 0.29) is 6.07 Å². The summed E-state index contributed by atoms with van der Waals surface area (Å²) in [5.41, 5.74) is -0.720. The van der Waals surface area contributed by atoms with Gasteiger partial charge in [-0.2, -0.15) is 22.0 Å². The van der Waals surface area contributed by atoms with Crippen LogP contribution in [-0.2, 0) is 4.79 Å². The van der Waals surface area contributed by atoms with E-state index in [1.165, 1.54) is 0 Å². The Hall–Kier alpha value is -1.80. The van der Waals surface area contributed by atoms with Gasteiger partial charge in [-0.1, -0.05) is 0 Å². The van der Waals surface area contributed by atoms with Crippen LogP contribution >= 0.6 is 0 Å². The van der Waals surface area contributed by atoms with Crippen LogP contribution in [0.1, 0.15) is 0 Å². The third kappa shape index (κ3) is 2.71. The molecule has 0 spiro atoms. The van der Waals surface area contributed by atoms with Gasteiger partial charge in [-0.05, 0) is 12.1 Å². The van der Waals surface area contributed by atoms with Crippen LogP contribution in [0.15, 0.2) is 18.2 Å². The van der Waals surface area contributed by atoms with Crippen LogP contribution in [0.3, 0.4) is 0 Å². The zero-order valence-corrected chi connectivity index (χ0v) is 8.29. The Bertz CT molecular complexity index is 468. The van der Waals surface area contributed by atoms with Crippen molar-refractivity contribution in [3.8, 4) is 0 Å². The number of rotatable bonds is 2. The van der Waals surface area contributed by atoms with E-state index >= 15 is 0 Å². The largest absolute Gasteiger partial charge is 0.463 e. The van der Waals surface area contributed by atoms with Crippen molar-refractivity contribution in [3.05, 3.63) is 29.8 Å². The highest BCUT2D eigenvalue weighted by Gasteiger charge is 2.63. The van der Waals surface area contributed by atoms with E-state index in [0.29, 0.717) is 12.1 Å². The van der Waals surface area contributed by atoms with E-state index in [4.69, 9.17) is 0 Å². The number of hydrogen-bond acceptors (Lipinski definition) is 1. The summed E-state index contributed by atoms with van der Waals surface area (Å²) in [5.74, 6) is -11.1.